The highest BCUT2D eigenvalue weighted by molar-refractivity contribution is 7.81. The maximum Gasteiger partial charge on any atom is 0.219 e. The van der Waals surface area contributed by atoms with Crippen molar-refractivity contribution in [2.45, 2.75) is 0 Å². The molecule has 0 saturated carbocycles. The summed E-state index contributed by atoms with van der Waals surface area (Å²) < 4.78 is 13.9. The van der Waals surface area contributed by atoms with E-state index in [2.05, 4.69) is 4.72 Å². The molecule has 1 amide bonds. The molecule has 1 N–H and O–H groups in total. The summed E-state index contributed by atoms with van der Waals surface area (Å²) in [4.78, 5) is 9.59. The van der Waals surface area contributed by atoms with Gasteiger partial charge in [0.1, 0.15) is 0 Å². The largest absolute Gasteiger partial charge is 0.278 e. The molecule has 0 aliphatic carbocycles. The average molecular weight is 136 g/mol. The Bertz CT molecular complexity index is 103. The minimum atomic E-state index is -1.36. The second kappa shape index (κ2) is 3.57. The van der Waals surface area contributed by atoms with Crippen molar-refractivity contribution >= 4 is 17.6 Å². The second-order valence-electron chi connectivity index (χ2n) is 1.30. The van der Waals surface area contributed by atoms with Crippen molar-refractivity contribution in [3.05, 3.63) is 0 Å². The van der Waals surface area contributed by atoms with Crippen molar-refractivity contribution in [2.75, 3.05) is 14.1 Å². The SMILES string of the molecule is CN(C)S(=O)NC=O. The summed E-state index contributed by atoms with van der Waals surface area (Å²) in [7, 11) is 3.21. The summed E-state index contributed by atoms with van der Waals surface area (Å²) in [5.74, 6) is 0. The second-order valence-corrected chi connectivity index (χ2v) is 2.76. The summed E-state index contributed by atoms with van der Waals surface area (Å²) in [6.07, 6.45) is 0.399. The summed E-state index contributed by atoms with van der Waals surface area (Å²) in [6, 6.07) is 0. The molecule has 0 aromatic rings. The van der Waals surface area contributed by atoms with Crippen LogP contribution in [0.3, 0.4) is 0 Å². The lowest BCUT2D eigenvalue weighted by atomic mass is 11.3. The van der Waals surface area contributed by atoms with Crippen LogP contribution in [0.2, 0.25) is 0 Å². The van der Waals surface area contributed by atoms with Gasteiger partial charge < -0.3 is 0 Å². The Balaban J connectivity index is 3.48. The Morgan fingerprint density at radius 1 is 1.62 bits per heavy atom. The minimum absolute atomic E-state index is 0.399. The number of nitrogens with one attached hydrogen (secondary N) is 1. The minimum Gasteiger partial charge on any atom is -0.278 e. The fraction of sp³-hybridized carbons (Fsp3) is 0.667. The molecule has 0 heterocycles. The van der Waals surface area contributed by atoms with Gasteiger partial charge in [0.05, 0.1) is 0 Å². The molecule has 5 heteroatoms. The third-order valence-corrected chi connectivity index (χ3v) is 1.44. The first kappa shape index (κ1) is 7.58. The first-order valence-corrected chi connectivity index (χ1v) is 3.08. The zero-order valence-electron chi connectivity index (χ0n) is 4.75. The van der Waals surface area contributed by atoms with E-state index in [1.165, 1.54) is 4.31 Å². The highest BCUT2D eigenvalue weighted by Gasteiger charge is 1.95. The Kier molecular flexibility index (Phi) is 3.38. The number of rotatable bonds is 3. The molecule has 1 unspecified atom stereocenters. The van der Waals surface area contributed by atoms with Gasteiger partial charge in [-0.15, -0.1) is 0 Å². The number of hydrogen-bond acceptors (Lipinski definition) is 2. The van der Waals surface area contributed by atoms with Crippen LogP contribution in [-0.2, 0) is 16.0 Å². The Labute approximate surface area is 50.6 Å². The van der Waals surface area contributed by atoms with Crippen LogP contribution in [0, 0.1) is 0 Å². The fourth-order valence-corrected chi connectivity index (χ4v) is 0.440. The molecule has 0 fully saturated rings. The Hall–Kier alpha value is -0.420. The van der Waals surface area contributed by atoms with Crippen molar-refractivity contribution in [2.24, 2.45) is 0 Å². The quantitative estimate of drug-likeness (QED) is 0.499. The van der Waals surface area contributed by atoms with Gasteiger partial charge in [-0.2, -0.15) is 0 Å². The number of hydrogen-bond donors (Lipinski definition) is 1. The number of amides is 1. The Morgan fingerprint density at radius 2 is 2.12 bits per heavy atom. The van der Waals surface area contributed by atoms with Crippen LogP contribution >= 0.6 is 0 Å². The predicted octanol–water partition coefficient (Wildman–Crippen LogP) is -1.13. The van der Waals surface area contributed by atoms with Gasteiger partial charge in [0.15, 0.2) is 11.2 Å². The monoisotopic (exact) mass is 136 g/mol. The lowest BCUT2D eigenvalue weighted by Gasteiger charge is -2.04. The summed E-state index contributed by atoms with van der Waals surface area (Å²) in [6.45, 7) is 0. The van der Waals surface area contributed by atoms with Crippen LogP contribution in [0.1, 0.15) is 0 Å². The zero-order chi connectivity index (χ0) is 6.57. The molecule has 0 spiro atoms. The third-order valence-electron chi connectivity index (χ3n) is 0.481. The molecule has 0 aromatic heterocycles. The molecule has 0 saturated heterocycles. The summed E-state index contributed by atoms with van der Waals surface area (Å²) >= 11 is -1.36. The molecule has 0 radical (unpaired) electrons. The molecular weight excluding hydrogens is 128 g/mol. The van der Waals surface area contributed by atoms with Gasteiger partial charge in [-0.3, -0.25) is 9.52 Å². The molecule has 0 aliphatic heterocycles. The normalized spacial score (nSPS) is 13.4. The van der Waals surface area contributed by atoms with E-state index in [4.69, 9.17) is 0 Å². The maximum atomic E-state index is 10.4. The van der Waals surface area contributed by atoms with Crippen LogP contribution < -0.4 is 4.72 Å². The van der Waals surface area contributed by atoms with Gasteiger partial charge in [-0.25, -0.2) is 8.51 Å². The molecule has 1 atom stereocenters. The van der Waals surface area contributed by atoms with E-state index in [1.54, 1.807) is 14.1 Å². The van der Waals surface area contributed by atoms with Crippen molar-refractivity contribution in [3.8, 4) is 0 Å². The molecule has 0 bridgehead atoms. The first-order chi connectivity index (χ1) is 3.68. The topological polar surface area (TPSA) is 49.4 Å². The lowest BCUT2D eigenvalue weighted by Crippen LogP contribution is -2.27. The smallest absolute Gasteiger partial charge is 0.219 e. The van der Waals surface area contributed by atoms with Gasteiger partial charge in [0, 0.05) is 14.1 Å². The first-order valence-electron chi connectivity index (χ1n) is 1.97. The van der Waals surface area contributed by atoms with E-state index in [0.717, 1.165) is 0 Å². The highest BCUT2D eigenvalue weighted by Crippen LogP contribution is 1.74. The fourth-order valence-electron chi connectivity index (χ4n) is 0.147. The van der Waals surface area contributed by atoms with E-state index in [9.17, 15) is 9.00 Å². The molecule has 0 rings (SSSR count). The highest BCUT2D eigenvalue weighted by atomic mass is 32.2. The summed E-state index contributed by atoms with van der Waals surface area (Å²) in [5.41, 5.74) is 0. The number of nitrogens with zero attached hydrogens (tertiary/aromatic N) is 1. The zero-order valence-corrected chi connectivity index (χ0v) is 5.57. The predicted molar refractivity (Wildman–Crippen MR) is 31.0 cm³/mol. The van der Waals surface area contributed by atoms with Crippen LogP contribution in [-0.4, -0.2) is 29.0 Å². The maximum absolute atomic E-state index is 10.4. The van der Waals surface area contributed by atoms with Crippen LogP contribution in [0.25, 0.3) is 0 Å². The molecule has 4 nitrogen and oxygen atoms in total. The summed E-state index contributed by atoms with van der Waals surface area (Å²) in [5, 5.41) is 0. The van der Waals surface area contributed by atoms with Gasteiger partial charge in [0.2, 0.25) is 6.41 Å². The van der Waals surface area contributed by atoms with E-state index in [-0.39, 0.29) is 0 Å². The molecule has 48 valence electrons. The third kappa shape index (κ3) is 2.70. The lowest BCUT2D eigenvalue weighted by molar-refractivity contribution is -0.108. The average Bonchev–Trinajstić information content (AvgIpc) is 1.67. The van der Waals surface area contributed by atoms with E-state index >= 15 is 0 Å². The number of carbonyl (C=O) groups is 1. The van der Waals surface area contributed by atoms with Crippen molar-refractivity contribution < 1.29 is 9.00 Å². The van der Waals surface area contributed by atoms with E-state index in [1.807, 2.05) is 0 Å². The van der Waals surface area contributed by atoms with Gasteiger partial charge in [-0.1, -0.05) is 0 Å². The van der Waals surface area contributed by atoms with Crippen LogP contribution in [0.4, 0.5) is 0 Å². The molecule has 0 aliphatic rings. The van der Waals surface area contributed by atoms with Gasteiger partial charge >= 0.3 is 0 Å². The number of carbonyl (C=O) groups excluding carboxylic acids is 1. The van der Waals surface area contributed by atoms with Crippen LogP contribution in [0.5, 0.6) is 0 Å². The van der Waals surface area contributed by atoms with Crippen LogP contribution in [0.15, 0.2) is 0 Å². The van der Waals surface area contributed by atoms with E-state index in [0.29, 0.717) is 6.41 Å². The van der Waals surface area contributed by atoms with Crippen molar-refractivity contribution in [3.63, 3.8) is 0 Å². The Morgan fingerprint density at radius 3 is 2.25 bits per heavy atom. The van der Waals surface area contributed by atoms with Crippen molar-refractivity contribution in [1.82, 2.24) is 9.03 Å². The van der Waals surface area contributed by atoms with Gasteiger partial charge in [0.25, 0.3) is 0 Å². The van der Waals surface area contributed by atoms with Gasteiger partial charge in [-0.05, 0) is 0 Å². The molecule has 0 aromatic carbocycles. The standard InChI is InChI=1S/C3H8N2O2S/c1-5(2)8(7)4-3-6/h3H,1-2H3,(H,4,6). The van der Waals surface area contributed by atoms with E-state index < -0.39 is 11.2 Å². The van der Waals surface area contributed by atoms with Crippen molar-refractivity contribution in [1.29, 1.82) is 0 Å². The molecular formula is C3H8N2O2S. The molecule has 8 heavy (non-hydrogen) atoms.